The molecule has 1 N–H and O–H groups in total. The van der Waals surface area contributed by atoms with Gasteiger partial charge in [0.25, 0.3) is 0 Å². The minimum Gasteiger partial charge on any atom is -0.314 e. The van der Waals surface area contributed by atoms with Gasteiger partial charge in [0.15, 0.2) is 0 Å². The van der Waals surface area contributed by atoms with Gasteiger partial charge in [0.1, 0.15) is 0 Å². The van der Waals surface area contributed by atoms with Gasteiger partial charge in [0.05, 0.1) is 5.69 Å². The molecule has 0 fully saturated rings. The molecule has 1 heterocycles. The van der Waals surface area contributed by atoms with Crippen molar-refractivity contribution in [3.63, 3.8) is 0 Å². The predicted molar refractivity (Wildman–Crippen MR) is 77.9 cm³/mol. The van der Waals surface area contributed by atoms with Crippen molar-refractivity contribution >= 4 is 0 Å². The highest BCUT2D eigenvalue weighted by molar-refractivity contribution is 5.01. The van der Waals surface area contributed by atoms with Crippen molar-refractivity contribution in [2.45, 2.75) is 66.0 Å². The fourth-order valence-corrected chi connectivity index (χ4v) is 1.98. The molecular formula is C15H29N3. The highest BCUT2D eigenvalue weighted by Crippen LogP contribution is 2.13. The maximum atomic E-state index is 4.68. The fourth-order valence-electron chi connectivity index (χ4n) is 1.98. The summed E-state index contributed by atoms with van der Waals surface area (Å²) >= 11 is 0. The van der Waals surface area contributed by atoms with E-state index in [4.69, 9.17) is 0 Å². The molecule has 18 heavy (non-hydrogen) atoms. The van der Waals surface area contributed by atoms with Crippen LogP contribution in [0.4, 0.5) is 0 Å². The summed E-state index contributed by atoms with van der Waals surface area (Å²) in [7, 11) is 0. The lowest BCUT2D eigenvalue weighted by atomic mass is 10.0. The molecular weight excluding hydrogens is 222 g/mol. The van der Waals surface area contributed by atoms with Crippen molar-refractivity contribution in [2.24, 2.45) is 5.92 Å². The van der Waals surface area contributed by atoms with E-state index in [0.29, 0.717) is 18.0 Å². The van der Waals surface area contributed by atoms with Crippen LogP contribution in [-0.4, -0.2) is 22.4 Å². The molecule has 0 aliphatic carbocycles. The number of hydrogen-bond acceptors (Lipinski definition) is 2. The zero-order valence-corrected chi connectivity index (χ0v) is 12.6. The lowest BCUT2D eigenvalue weighted by Gasteiger charge is -2.16. The maximum absolute atomic E-state index is 4.68. The summed E-state index contributed by atoms with van der Waals surface area (Å²) in [4.78, 5) is 0. The number of nitrogens with zero attached hydrogens (tertiary/aromatic N) is 2. The Hall–Kier alpha value is -0.830. The van der Waals surface area contributed by atoms with Gasteiger partial charge in [-0.25, -0.2) is 0 Å². The highest BCUT2D eigenvalue weighted by Gasteiger charge is 2.11. The zero-order chi connectivity index (χ0) is 13.5. The summed E-state index contributed by atoms with van der Waals surface area (Å²) in [6, 6.07) is 3.24. The summed E-state index contributed by atoms with van der Waals surface area (Å²) in [6.07, 6.45) is 5.54. The quantitative estimate of drug-likeness (QED) is 0.767. The molecule has 104 valence electrons. The van der Waals surface area contributed by atoms with E-state index >= 15 is 0 Å². The van der Waals surface area contributed by atoms with Crippen molar-refractivity contribution in [1.82, 2.24) is 15.1 Å². The minimum absolute atomic E-state index is 0.507. The van der Waals surface area contributed by atoms with Gasteiger partial charge in [0, 0.05) is 18.3 Å². The van der Waals surface area contributed by atoms with Crippen molar-refractivity contribution in [3.8, 4) is 0 Å². The first-order valence-electron chi connectivity index (χ1n) is 7.34. The van der Waals surface area contributed by atoms with E-state index in [1.165, 1.54) is 12.1 Å². The smallest absolute Gasteiger partial charge is 0.0627 e. The molecule has 0 radical (unpaired) electrons. The Morgan fingerprint density at radius 2 is 1.94 bits per heavy atom. The molecule has 2 unspecified atom stereocenters. The van der Waals surface area contributed by atoms with E-state index in [0.717, 1.165) is 19.4 Å². The van der Waals surface area contributed by atoms with Crippen LogP contribution in [0.1, 0.15) is 59.2 Å². The Labute approximate surface area is 112 Å². The van der Waals surface area contributed by atoms with Gasteiger partial charge >= 0.3 is 0 Å². The van der Waals surface area contributed by atoms with Crippen LogP contribution in [0.3, 0.4) is 0 Å². The van der Waals surface area contributed by atoms with Gasteiger partial charge in [-0.15, -0.1) is 0 Å². The Bertz CT molecular complexity index is 330. The molecule has 1 aromatic rings. The van der Waals surface area contributed by atoms with Crippen LogP contribution >= 0.6 is 0 Å². The molecule has 3 heteroatoms. The average molecular weight is 251 g/mol. The number of nitrogens with one attached hydrogen (secondary N) is 1. The van der Waals surface area contributed by atoms with Crippen molar-refractivity contribution in [2.75, 3.05) is 6.54 Å². The topological polar surface area (TPSA) is 29.9 Å². The van der Waals surface area contributed by atoms with Crippen molar-refractivity contribution in [3.05, 3.63) is 18.0 Å². The second-order valence-corrected chi connectivity index (χ2v) is 5.59. The van der Waals surface area contributed by atoms with Gasteiger partial charge in [-0.1, -0.05) is 34.1 Å². The van der Waals surface area contributed by atoms with Crippen molar-refractivity contribution in [1.29, 1.82) is 0 Å². The summed E-state index contributed by atoms with van der Waals surface area (Å²) in [5, 5.41) is 8.21. The standard InChI is InChI=1S/C15H29N3/c1-6-13(5)18-9-8-15(17-18)10-14(7-2)11-16-12(3)4/h8-9,12-14,16H,6-7,10-11H2,1-5H3. The molecule has 3 nitrogen and oxygen atoms in total. The Morgan fingerprint density at radius 1 is 1.22 bits per heavy atom. The van der Waals surface area contributed by atoms with E-state index in [-0.39, 0.29) is 0 Å². The Balaban J connectivity index is 2.51. The predicted octanol–water partition coefficient (Wildman–Crippen LogP) is 3.42. The summed E-state index contributed by atoms with van der Waals surface area (Å²) in [5.74, 6) is 0.688. The molecule has 0 saturated carbocycles. The summed E-state index contributed by atoms with van der Waals surface area (Å²) < 4.78 is 2.10. The lowest BCUT2D eigenvalue weighted by Crippen LogP contribution is -2.29. The number of hydrogen-bond donors (Lipinski definition) is 1. The Kier molecular flexibility index (Phi) is 6.41. The molecule has 0 aromatic carbocycles. The first-order valence-corrected chi connectivity index (χ1v) is 7.34. The molecule has 2 atom stereocenters. The second-order valence-electron chi connectivity index (χ2n) is 5.59. The number of rotatable bonds is 8. The van der Waals surface area contributed by atoms with E-state index < -0.39 is 0 Å². The first kappa shape index (κ1) is 15.2. The van der Waals surface area contributed by atoms with Crippen LogP contribution in [0, 0.1) is 5.92 Å². The van der Waals surface area contributed by atoms with E-state index in [1.807, 2.05) is 0 Å². The van der Waals surface area contributed by atoms with Gasteiger partial charge in [-0.2, -0.15) is 5.10 Å². The molecule has 0 bridgehead atoms. The third-order valence-corrected chi connectivity index (χ3v) is 3.60. The highest BCUT2D eigenvalue weighted by atomic mass is 15.3. The van der Waals surface area contributed by atoms with Crippen LogP contribution in [-0.2, 0) is 6.42 Å². The Morgan fingerprint density at radius 3 is 2.50 bits per heavy atom. The SMILES string of the molecule is CCC(CNC(C)C)Cc1ccn(C(C)CC)n1. The first-order chi connectivity index (χ1) is 8.56. The fraction of sp³-hybridized carbons (Fsp3) is 0.800. The molecule has 0 amide bonds. The lowest BCUT2D eigenvalue weighted by molar-refractivity contribution is 0.424. The molecule has 1 aromatic heterocycles. The second kappa shape index (κ2) is 7.57. The van der Waals surface area contributed by atoms with Gasteiger partial charge in [-0.3, -0.25) is 4.68 Å². The van der Waals surface area contributed by atoms with Crippen LogP contribution < -0.4 is 5.32 Å². The third kappa shape index (κ3) is 4.81. The van der Waals surface area contributed by atoms with Gasteiger partial charge < -0.3 is 5.32 Å². The van der Waals surface area contributed by atoms with E-state index in [2.05, 4.69) is 62.0 Å². The minimum atomic E-state index is 0.507. The molecule has 0 aliphatic heterocycles. The molecule has 0 aliphatic rings. The van der Waals surface area contributed by atoms with Crippen LogP contribution in [0.25, 0.3) is 0 Å². The van der Waals surface area contributed by atoms with Crippen molar-refractivity contribution < 1.29 is 0 Å². The molecule has 1 rings (SSSR count). The van der Waals surface area contributed by atoms with Gasteiger partial charge in [0.2, 0.25) is 0 Å². The summed E-state index contributed by atoms with van der Waals surface area (Å²) in [5.41, 5.74) is 1.23. The maximum Gasteiger partial charge on any atom is 0.0627 e. The molecule has 0 saturated heterocycles. The largest absolute Gasteiger partial charge is 0.314 e. The van der Waals surface area contributed by atoms with E-state index in [9.17, 15) is 0 Å². The number of aromatic nitrogens is 2. The normalized spacial score (nSPS) is 15.0. The van der Waals surface area contributed by atoms with E-state index in [1.54, 1.807) is 0 Å². The monoisotopic (exact) mass is 251 g/mol. The van der Waals surface area contributed by atoms with Crippen LogP contribution in [0.2, 0.25) is 0 Å². The van der Waals surface area contributed by atoms with Gasteiger partial charge in [-0.05, 0) is 38.3 Å². The summed E-state index contributed by atoms with van der Waals surface area (Å²) in [6.45, 7) is 12.2. The molecule has 0 spiro atoms. The third-order valence-electron chi connectivity index (χ3n) is 3.60. The van der Waals surface area contributed by atoms with Crippen LogP contribution in [0.15, 0.2) is 12.3 Å². The van der Waals surface area contributed by atoms with Crippen LogP contribution in [0.5, 0.6) is 0 Å². The average Bonchev–Trinajstić information content (AvgIpc) is 2.81. The zero-order valence-electron chi connectivity index (χ0n) is 12.6.